The molecular weight excluding hydrogens is 427 g/mol. The molecule has 31 heavy (non-hydrogen) atoms. The quantitative estimate of drug-likeness (QED) is 0.331. The average Bonchev–Trinajstić information content (AvgIpc) is 2.98. The molecule has 1 heterocycles. The lowest BCUT2D eigenvalue weighted by atomic mass is 10.1. The van der Waals surface area contributed by atoms with E-state index in [1.165, 1.54) is 7.05 Å². The lowest BCUT2D eigenvalue weighted by Crippen LogP contribution is -2.33. The molecule has 0 aromatic heterocycles. The van der Waals surface area contributed by atoms with Crippen LogP contribution in [0.15, 0.2) is 53.4 Å². The number of carbonyl (C=O) groups is 3. The van der Waals surface area contributed by atoms with Crippen molar-refractivity contribution >= 4 is 27.8 Å². The standard InChI is InChI=1S/C21H21FN2O6S/c1-23(31(28,29)16-10-8-15(22)9-11-16)14-19(25)30-13-5-4-12-24-20(26)17-6-2-3-7-18(17)21(24)27/h2-3,6-11H,4-5,12-14H2,1H3. The second-order valence-electron chi connectivity index (χ2n) is 6.95. The van der Waals surface area contributed by atoms with Gasteiger partial charge in [0.1, 0.15) is 12.4 Å². The van der Waals surface area contributed by atoms with Gasteiger partial charge in [0.2, 0.25) is 10.0 Å². The summed E-state index contributed by atoms with van der Waals surface area (Å²) in [4.78, 5) is 37.5. The summed E-state index contributed by atoms with van der Waals surface area (Å²) in [6, 6.07) is 10.9. The Bertz CT molecular complexity index is 1070. The van der Waals surface area contributed by atoms with Gasteiger partial charge in [-0.25, -0.2) is 12.8 Å². The number of unbranched alkanes of at least 4 members (excludes halogenated alkanes) is 1. The molecule has 2 aromatic rings. The van der Waals surface area contributed by atoms with Gasteiger partial charge in [0.25, 0.3) is 11.8 Å². The summed E-state index contributed by atoms with van der Waals surface area (Å²) in [5, 5.41) is 0. The van der Waals surface area contributed by atoms with Gasteiger partial charge in [0.05, 0.1) is 22.6 Å². The largest absolute Gasteiger partial charge is 0.465 e. The Balaban J connectivity index is 1.41. The van der Waals surface area contributed by atoms with Crippen LogP contribution in [0.2, 0.25) is 0 Å². The predicted octanol–water partition coefficient (Wildman–Crippen LogP) is 2.07. The molecule has 0 radical (unpaired) electrons. The third-order valence-electron chi connectivity index (χ3n) is 4.79. The summed E-state index contributed by atoms with van der Waals surface area (Å²) in [5.74, 6) is -1.99. The zero-order valence-electron chi connectivity index (χ0n) is 16.8. The van der Waals surface area contributed by atoms with E-state index in [-0.39, 0.29) is 29.9 Å². The molecule has 164 valence electrons. The number of sulfonamides is 1. The Labute approximate surface area is 179 Å². The van der Waals surface area contributed by atoms with Crippen LogP contribution < -0.4 is 0 Å². The number of esters is 1. The summed E-state index contributed by atoms with van der Waals surface area (Å²) in [7, 11) is -2.73. The first-order chi connectivity index (χ1) is 14.7. The second-order valence-corrected chi connectivity index (χ2v) is 8.99. The van der Waals surface area contributed by atoms with E-state index in [4.69, 9.17) is 4.74 Å². The first-order valence-electron chi connectivity index (χ1n) is 9.54. The Kier molecular flexibility index (Phi) is 6.81. The molecule has 0 unspecified atom stereocenters. The van der Waals surface area contributed by atoms with Crippen LogP contribution in [0.5, 0.6) is 0 Å². The maximum Gasteiger partial charge on any atom is 0.321 e. The van der Waals surface area contributed by atoms with E-state index in [0.717, 1.165) is 33.5 Å². The van der Waals surface area contributed by atoms with Gasteiger partial charge in [0, 0.05) is 13.6 Å². The molecule has 1 aliphatic heterocycles. The summed E-state index contributed by atoms with van der Waals surface area (Å²) < 4.78 is 43.6. The predicted molar refractivity (Wildman–Crippen MR) is 108 cm³/mol. The number of imide groups is 1. The Morgan fingerprint density at radius 3 is 2.16 bits per heavy atom. The lowest BCUT2D eigenvalue weighted by Gasteiger charge is -2.17. The van der Waals surface area contributed by atoms with Crippen LogP contribution in [0, 0.1) is 5.82 Å². The number of likely N-dealkylation sites (N-methyl/N-ethyl adjacent to an activating group) is 1. The minimum Gasteiger partial charge on any atom is -0.465 e. The van der Waals surface area contributed by atoms with Gasteiger partial charge in [-0.3, -0.25) is 19.3 Å². The van der Waals surface area contributed by atoms with Crippen LogP contribution >= 0.6 is 0 Å². The van der Waals surface area contributed by atoms with E-state index in [9.17, 15) is 27.2 Å². The first kappa shape index (κ1) is 22.6. The molecule has 0 saturated heterocycles. The fourth-order valence-electron chi connectivity index (χ4n) is 3.10. The van der Waals surface area contributed by atoms with Gasteiger partial charge in [0.15, 0.2) is 0 Å². The smallest absolute Gasteiger partial charge is 0.321 e. The third kappa shape index (κ3) is 4.97. The molecule has 0 atom stereocenters. The highest BCUT2D eigenvalue weighted by molar-refractivity contribution is 7.89. The van der Waals surface area contributed by atoms with Crippen LogP contribution in [-0.4, -0.2) is 62.2 Å². The number of amides is 2. The molecule has 0 saturated carbocycles. The van der Waals surface area contributed by atoms with Crippen molar-refractivity contribution in [3.8, 4) is 0 Å². The van der Waals surface area contributed by atoms with Crippen molar-refractivity contribution in [1.29, 1.82) is 0 Å². The van der Waals surface area contributed by atoms with Gasteiger partial charge in [-0.05, 0) is 49.2 Å². The Morgan fingerprint density at radius 2 is 1.58 bits per heavy atom. The highest BCUT2D eigenvalue weighted by Gasteiger charge is 2.34. The van der Waals surface area contributed by atoms with Crippen LogP contribution in [-0.2, 0) is 19.6 Å². The molecule has 2 amide bonds. The van der Waals surface area contributed by atoms with Gasteiger partial charge >= 0.3 is 5.97 Å². The number of hydrogen-bond acceptors (Lipinski definition) is 6. The van der Waals surface area contributed by atoms with Crippen LogP contribution in [0.1, 0.15) is 33.6 Å². The summed E-state index contributed by atoms with van der Waals surface area (Å²) in [6.45, 7) is -0.284. The van der Waals surface area contributed by atoms with E-state index >= 15 is 0 Å². The van der Waals surface area contributed by atoms with E-state index in [1.54, 1.807) is 24.3 Å². The topological polar surface area (TPSA) is 101 Å². The molecule has 0 spiro atoms. The summed E-state index contributed by atoms with van der Waals surface area (Å²) >= 11 is 0. The summed E-state index contributed by atoms with van der Waals surface area (Å²) in [5.41, 5.74) is 0.758. The van der Waals surface area contributed by atoms with Crippen molar-refractivity contribution < 1.29 is 31.9 Å². The zero-order chi connectivity index (χ0) is 22.6. The van der Waals surface area contributed by atoms with Crippen molar-refractivity contribution in [2.45, 2.75) is 17.7 Å². The van der Waals surface area contributed by atoms with Crippen molar-refractivity contribution in [3.63, 3.8) is 0 Å². The van der Waals surface area contributed by atoms with Crippen LogP contribution in [0.25, 0.3) is 0 Å². The van der Waals surface area contributed by atoms with Crippen LogP contribution in [0.4, 0.5) is 4.39 Å². The molecule has 0 bridgehead atoms. The molecule has 8 nitrogen and oxygen atoms in total. The number of ether oxygens (including phenoxy) is 1. The van der Waals surface area contributed by atoms with Gasteiger partial charge in [-0.2, -0.15) is 4.31 Å². The summed E-state index contributed by atoms with van der Waals surface area (Å²) in [6.07, 6.45) is 0.829. The molecule has 0 aliphatic carbocycles. The number of hydrogen-bond donors (Lipinski definition) is 0. The van der Waals surface area contributed by atoms with Gasteiger partial charge in [-0.1, -0.05) is 12.1 Å². The van der Waals surface area contributed by atoms with E-state index in [0.29, 0.717) is 24.0 Å². The molecule has 10 heteroatoms. The highest BCUT2D eigenvalue weighted by atomic mass is 32.2. The molecular formula is C21H21FN2O6S. The lowest BCUT2D eigenvalue weighted by molar-refractivity contribution is -0.143. The highest BCUT2D eigenvalue weighted by Crippen LogP contribution is 2.22. The van der Waals surface area contributed by atoms with Crippen molar-refractivity contribution in [2.24, 2.45) is 0 Å². The minimum atomic E-state index is -3.95. The maximum atomic E-state index is 13.0. The molecule has 2 aromatic carbocycles. The maximum absolute atomic E-state index is 13.0. The third-order valence-corrected chi connectivity index (χ3v) is 6.61. The Morgan fingerprint density at radius 1 is 1.00 bits per heavy atom. The number of benzene rings is 2. The van der Waals surface area contributed by atoms with Crippen molar-refractivity contribution in [2.75, 3.05) is 26.7 Å². The molecule has 1 aliphatic rings. The number of fused-ring (bicyclic) bond motifs is 1. The SMILES string of the molecule is CN(CC(=O)OCCCCN1C(=O)c2ccccc2C1=O)S(=O)(=O)c1ccc(F)cc1. The zero-order valence-corrected chi connectivity index (χ0v) is 17.6. The monoisotopic (exact) mass is 448 g/mol. The fraction of sp³-hybridized carbons (Fsp3) is 0.286. The van der Waals surface area contributed by atoms with E-state index < -0.39 is 28.4 Å². The second kappa shape index (κ2) is 9.36. The molecule has 3 rings (SSSR count). The van der Waals surface area contributed by atoms with E-state index in [2.05, 4.69) is 0 Å². The van der Waals surface area contributed by atoms with Crippen molar-refractivity contribution in [1.82, 2.24) is 9.21 Å². The fourth-order valence-corrected chi connectivity index (χ4v) is 4.21. The Hall–Kier alpha value is -3.11. The number of rotatable bonds is 9. The number of halogens is 1. The van der Waals surface area contributed by atoms with Gasteiger partial charge in [-0.15, -0.1) is 0 Å². The first-order valence-corrected chi connectivity index (χ1v) is 11.0. The molecule has 0 N–H and O–H groups in total. The number of carbonyl (C=O) groups excluding carboxylic acids is 3. The normalized spacial score (nSPS) is 13.6. The van der Waals surface area contributed by atoms with Crippen LogP contribution in [0.3, 0.4) is 0 Å². The van der Waals surface area contributed by atoms with Gasteiger partial charge < -0.3 is 4.74 Å². The number of nitrogens with zero attached hydrogens (tertiary/aromatic N) is 2. The molecule has 0 fully saturated rings. The van der Waals surface area contributed by atoms with Crippen molar-refractivity contribution in [3.05, 3.63) is 65.5 Å². The average molecular weight is 448 g/mol. The van der Waals surface area contributed by atoms with E-state index in [1.807, 2.05) is 0 Å². The minimum absolute atomic E-state index is 0.0203.